The van der Waals surface area contributed by atoms with Crippen LogP contribution in [-0.4, -0.2) is 14.8 Å². The van der Waals surface area contributed by atoms with Gasteiger partial charge in [0.05, 0.1) is 22.5 Å². The van der Waals surface area contributed by atoms with Crippen LogP contribution in [0.1, 0.15) is 11.1 Å². The van der Waals surface area contributed by atoms with Crippen LogP contribution in [0.5, 0.6) is 0 Å². The Kier molecular flexibility index (Phi) is 3.51. The molecule has 0 amide bonds. The lowest BCUT2D eigenvalue weighted by Crippen LogP contribution is -2.16. The first-order chi connectivity index (χ1) is 8.79. The van der Waals surface area contributed by atoms with E-state index in [-0.39, 0.29) is 10.6 Å². The van der Waals surface area contributed by atoms with Gasteiger partial charge in [0, 0.05) is 11.8 Å². The first-order valence-corrected chi connectivity index (χ1v) is 5.79. The average Bonchev–Trinajstić information content (AvgIpc) is 2.73. The van der Waals surface area contributed by atoms with Gasteiger partial charge in [0.2, 0.25) is 0 Å². The van der Waals surface area contributed by atoms with Gasteiger partial charge < -0.3 is 5.73 Å². The van der Waals surface area contributed by atoms with Crippen LogP contribution >= 0.6 is 23.8 Å². The lowest BCUT2D eigenvalue weighted by molar-refractivity contribution is -0.137. The molecule has 1 heterocycles. The monoisotopic (exact) mass is 305 g/mol. The Labute approximate surface area is 116 Å². The van der Waals surface area contributed by atoms with E-state index in [0.717, 1.165) is 12.1 Å². The van der Waals surface area contributed by atoms with E-state index in [1.807, 2.05) is 0 Å². The lowest BCUT2D eigenvalue weighted by atomic mass is 10.1. The van der Waals surface area contributed by atoms with Crippen LogP contribution in [0.4, 0.5) is 13.2 Å². The quantitative estimate of drug-likeness (QED) is 0.867. The molecule has 2 N–H and O–H groups in total. The third-order valence-corrected chi connectivity index (χ3v) is 2.80. The van der Waals surface area contributed by atoms with E-state index in [0.29, 0.717) is 10.7 Å². The highest BCUT2D eigenvalue weighted by molar-refractivity contribution is 7.80. The number of benzene rings is 1. The van der Waals surface area contributed by atoms with Gasteiger partial charge in [-0.05, 0) is 18.2 Å². The zero-order valence-electron chi connectivity index (χ0n) is 9.28. The summed E-state index contributed by atoms with van der Waals surface area (Å²) in [6, 6.07) is 3.08. The summed E-state index contributed by atoms with van der Waals surface area (Å²) in [7, 11) is 0. The van der Waals surface area contributed by atoms with Gasteiger partial charge in [-0.25, -0.2) is 4.68 Å². The Balaban J connectivity index is 2.60. The largest absolute Gasteiger partial charge is 0.416 e. The number of nitrogens with zero attached hydrogens (tertiary/aromatic N) is 2. The maximum atomic E-state index is 12.6. The second kappa shape index (κ2) is 4.82. The first kappa shape index (κ1) is 13.8. The Morgan fingerprint density at radius 3 is 2.53 bits per heavy atom. The number of nitrogens with two attached hydrogens (primary N) is 1. The molecule has 0 fully saturated rings. The van der Waals surface area contributed by atoms with Crippen molar-refractivity contribution < 1.29 is 13.2 Å². The van der Waals surface area contributed by atoms with Crippen molar-refractivity contribution in [1.29, 1.82) is 0 Å². The van der Waals surface area contributed by atoms with Gasteiger partial charge in [0.15, 0.2) is 0 Å². The van der Waals surface area contributed by atoms with Gasteiger partial charge >= 0.3 is 6.18 Å². The van der Waals surface area contributed by atoms with Crippen LogP contribution in [0.15, 0.2) is 30.6 Å². The van der Waals surface area contributed by atoms with Gasteiger partial charge in [-0.15, -0.1) is 0 Å². The minimum absolute atomic E-state index is 0.0876. The van der Waals surface area contributed by atoms with E-state index < -0.39 is 11.7 Å². The summed E-state index contributed by atoms with van der Waals surface area (Å²) in [4.78, 5) is -0.146. The molecule has 0 aliphatic heterocycles. The molecule has 0 saturated heterocycles. The zero-order chi connectivity index (χ0) is 14.2. The second-order valence-electron chi connectivity index (χ2n) is 3.70. The molecule has 0 radical (unpaired) electrons. The molecule has 0 aliphatic carbocycles. The van der Waals surface area contributed by atoms with Crippen LogP contribution in [-0.2, 0) is 6.18 Å². The molecule has 19 heavy (non-hydrogen) atoms. The molecule has 3 nitrogen and oxygen atoms in total. The predicted molar refractivity (Wildman–Crippen MR) is 69.5 cm³/mol. The van der Waals surface area contributed by atoms with Gasteiger partial charge in [-0.3, -0.25) is 0 Å². The van der Waals surface area contributed by atoms with Crippen molar-refractivity contribution in [3.05, 3.63) is 46.7 Å². The number of aromatic nitrogens is 2. The minimum Gasteiger partial charge on any atom is -0.389 e. The summed E-state index contributed by atoms with van der Waals surface area (Å²) >= 11 is 10.5. The molecule has 2 aromatic rings. The van der Waals surface area contributed by atoms with E-state index >= 15 is 0 Å². The molecule has 0 spiro atoms. The number of halogens is 4. The maximum absolute atomic E-state index is 12.6. The third kappa shape index (κ3) is 2.87. The van der Waals surface area contributed by atoms with E-state index in [2.05, 4.69) is 5.10 Å². The SMILES string of the molecule is NC(=S)c1cc(C(F)(F)F)ccc1-n1cc(Cl)cn1. The van der Waals surface area contributed by atoms with Crippen LogP contribution in [0.25, 0.3) is 5.69 Å². The Morgan fingerprint density at radius 1 is 1.37 bits per heavy atom. The van der Waals surface area contributed by atoms with Crippen LogP contribution in [0, 0.1) is 0 Å². The van der Waals surface area contributed by atoms with Crippen molar-refractivity contribution in [3.63, 3.8) is 0 Å². The van der Waals surface area contributed by atoms with E-state index in [1.54, 1.807) is 0 Å². The minimum atomic E-state index is -4.46. The van der Waals surface area contributed by atoms with Gasteiger partial charge in [-0.1, -0.05) is 23.8 Å². The summed E-state index contributed by atoms with van der Waals surface area (Å²) in [5.41, 5.74) is 5.07. The molecule has 8 heteroatoms. The highest BCUT2D eigenvalue weighted by Gasteiger charge is 2.31. The highest BCUT2D eigenvalue weighted by atomic mass is 35.5. The van der Waals surface area contributed by atoms with Crippen LogP contribution in [0.2, 0.25) is 5.02 Å². The number of rotatable bonds is 2. The molecule has 0 unspecified atom stereocenters. The lowest BCUT2D eigenvalue weighted by Gasteiger charge is -2.12. The molecule has 100 valence electrons. The van der Waals surface area contributed by atoms with Crippen molar-refractivity contribution >= 4 is 28.8 Å². The fourth-order valence-electron chi connectivity index (χ4n) is 1.54. The van der Waals surface area contributed by atoms with Gasteiger partial charge in [-0.2, -0.15) is 18.3 Å². The molecular weight excluding hydrogens is 299 g/mol. The molecule has 2 rings (SSSR count). The molecule has 0 atom stereocenters. The van der Waals surface area contributed by atoms with Gasteiger partial charge in [0.1, 0.15) is 4.99 Å². The smallest absolute Gasteiger partial charge is 0.389 e. The normalized spacial score (nSPS) is 11.6. The summed E-state index contributed by atoms with van der Waals surface area (Å²) in [5, 5.41) is 4.26. The molecule has 0 aliphatic rings. The third-order valence-electron chi connectivity index (χ3n) is 2.39. The Hall–Kier alpha value is -1.60. The van der Waals surface area contributed by atoms with Crippen LogP contribution < -0.4 is 5.73 Å². The zero-order valence-corrected chi connectivity index (χ0v) is 10.9. The topological polar surface area (TPSA) is 43.8 Å². The fraction of sp³-hybridized carbons (Fsp3) is 0.0909. The number of thiocarbonyl (C=S) groups is 1. The Morgan fingerprint density at radius 2 is 2.05 bits per heavy atom. The number of hydrogen-bond acceptors (Lipinski definition) is 2. The summed E-state index contributed by atoms with van der Waals surface area (Å²) in [6.45, 7) is 0. The van der Waals surface area contributed by atoms with Crippen molar-refractivity contribution in [2.45, 2.75) is 6.18 Å². The molecule has 0 saturated carbocycles. The fourth-order valence-corrected chi connectivity index (χ4v) is 1.84. The van der Waals surface area contributed by atoms with Crippen molar-refractivity contribution in [3.8, 4) is 5.69 Å². The summed E-state index contributed by atoms with van der Waals surface area (Å²) < 4.78 is 39.2. The van der Waals surface area contributed by atoms with Crippen molar-refractivity contribution in [1.82, 2.24) is 9.78 Å². The summed E-state index contributed by atoms with van der Waals surface area (Å²) in [5.74, 6) is 0. The molecule has 1 aromatic carbocycles. The molecule has 1 aromatic heterocycles. The van der Waals surface area contributed by atoms with E-state index in [4.69, 9.17) is 29.6 Å². The van der Waals surface area contributed by atoms with Crippen LogP contribution in [0.3, 0.4) is 0 Å². The predicted octanol–water partition coefficient (Wildman–Crippen LogP) is 3.18. The summed E-state index contributed by atoms with van der Waals surface area (Å²) in [6.07, 6.45) is -1.64. The number of hydrogen-bond donors (Lipinski definition) is 1. The highest BCUT2D eigenvalue weighted by Crippen LogP contribution is 2.31. The Bertz CT molecular complexity index is 636. The molecular formula is C11H7ClF3N3S. The second-order valence-corrected chi connectivity index (χ2v) is 4.57. The molecule has 0 bridgehead atoms. The van der Waals surface area contributed by atoms with E-state index in [9.17, 15) is 13.2 Å². The number of alkyl halides is 3. The average molecular weight is 306 g/mol. The van der Waals surface area contributed by atoms with Gasteiger partial charge in [0.25, 0.3) is 0 Å². The van der Waals surface area contributed by atoms with E-state index in [1.165, 1.54) is 23.1 Å². The first-order valence-electron chi connectivity index (χ1n) is 5.00. The maximum Gasteiger partial charge on any atom is 0.416 e. The van der Waals surface area contributed by atoms with Crippen molar-refractivity contribution in [2.75, 3.05) is 0 Å². The standard InChI is InChI=1S/C11H7ClF3N3S/c12-7-4-17-18(5-7)9-2-1-6(11(13,14)15)3-8(9)10(16)19/h1-5H,(H2,16,19). The van der Waals surface area contributed by atoms with Crippen molar-refractivity contribution in [2.24, 2.45) is 5.73 Å².